The number of benzene rings is 2. The molecule has 0 saturated heterocycles. The van der Waals surface area contributed by atoms with Crippen LogP contribution in [0.3, 0.4) is 0 Å². The van der Waals surface area contributed by atoms with E-state index in [-0.39, 0.29) is 26.8 Å². The van der Waals surface area contributed by atoms with Crippen molar-refractivity contribution >= 4 is 25.5 Å². The Bertz CT molecular complexity index is 1230. The third-order valence-electron chi connectivity index (χ3n) is 4.74. The molecule has 2 rings (SSSR count). The number of anilines is 1. The summed E-state index contributed by atoms with van der Waals surface area (Å²) in [5.74, 6) is 0. The first kappa shape index (κ1) is 25.4. The van der Waals surface area contributed by atoms with Gasteiger partial charge in [-0.05, 0) is 69.2 Å². The summed E-state index contributed by atoms with van der Waals surface area (Å²) in [5, 5.41) is 0. The Kier molecular flexibility index (Phi) is 8.80. The maximum atomic E-state index is 13.1. The van der Waals surface area contributed by atoms with Gasteiger partial charge in [-0.2, -0.15) is 0 Å². The minimum atomic E-state index is -3.76. The largest absolute Gasteiger partial charge is 0.280 e. The van der Waals surface area contributed by atoms with Gasteiger partial charge in [0.1, 0.15) is 0 Å². The monoisotopic (exact) mass is 471 g/mol. The summed E-state index contributed by atoms with van der Waals surface area (Å²) in [5.41, 5.74) is 2.22. The van der Waals surface area contributed by atoms with Gasteiger partial charge >= 0.3 is 0 Å². The number of allylic oxidation sites excluding steroid dienone is 7. The first-order valence-corrected chi connectivity index (χ1v) is 13.1. The van der Waals surface area contributed by atoms with Crippen molar-refractivity contribution in [1.82, 2.24) is 0 Å². The molecule has 0 aliphatic carbocycles. The molecule has 0 unspecified atom stereocenters. The highest BCUT2D eigenvalue weighted by atomic mass is 32.2. The maximum absolute atomic E-state index is 13.1. The smallest absolute Gasteiger partial charge is 0.261 e. The van der Waals surface area contributed by atoms with Crippen molar-refractivity contribution < 1.29 is 16.8 Å². The van der Waals surface area contributed by atoms with E-state index < -0.39 is 19.9 Å². The summed E-state index contributed by atoms with van der Waals surface area (Å²) >= 11 is 0. The van der Waals surface area contributed by atoms with E-state index in [1.807, 2.05) is 32.1 Å². The van der Waals surface area contributed by atoms with Crippen molar-refractivity contribution in [2.75, 3.05) is 4.72 Å². The van der Waals surface area contributed by atoms with Gasteiger partial charge in [0.25, 0.3) is 10.0 Å². The minimum absolute atomic E-state index is 0.105. The minimum Gasteiger partial charge on any atom is -0.280 e. The van der Waals surface area contributed by atoms with E-state index in [9.17, 15) is 16.8 Å². The van der Waals surface area contributed by atoms with Crippen molar-refractivity contribution in [3.05, 3.63) is 102 Å². The van der Waals surface area contributed by atoms with E-state index in [0.717, 1.165) is 11.1 Å². The summed E-state index contributed by atoms with van der Waals surface area (Å²) in [7, 11) is -7.47. The van der Waals surface area contributed by atoms with Crippen LogP contribution in [0.2, 0.25) is 0 Å². The lowest BCUT2D eigenvalue weighted by atomic mass is 10.1. The van der Waals surface area contributed by atoms with Crippen LogP contribution in [0.15, 0.2) is 106 Å². The van der Waals surface area contributed by atoms with Crippen LogP contribution in [0.1, 0.15) is 32.3 Å². The van der Waals surface area contributed by atoms with Gasteiger partial charge in [0.15, 0.2) is 0 Å². The van der Waals surface area contributed by atoms with Crippen molar-refractivity contribution in [3.63, 3.8) is 0 Å². The molecule has 0 spiro atoms. The zero-order valence-corrected chi connectivity index (χ0v) is 20.2. The number of sulfonamides is 1. The van der Waals surface area contributed by atoms with Crippen LogP contribution in [0.5, 0.6) is 0 Å². The Labute approximate surface area is 191 Å². The molecule has 0 atom stereocenters. The lowest BCUT2D eigenvalue weighted by Gasteiger charge is -2.11. The third-order valence-corrected chi connectivity index (χ3v) is 8.12. The van der Waals surface area contributed by atoms with Gasteiger partial charge in [0.2, 0.25) is 9.84 Å². The average molecular weight is 472 g/mol. The first-order chi connectivity index (χ1) is 15.1. The van der Waals surface area contributed by atoms with Crippen LogP contribution in [0.25, 0.3) is 0 Å². The standard InChI is InChI=1S/C25H29NO4S2/c1-5-8-21(9-6-2)12-17-23(7-3)31(27,28)24-18-13-22(14-19-24)26-32(29,30)25-15-10-20(4)11-16-25/h5-7,9-16,18-19,26H,1,8,17H2,2-4H3/b9-6-,21-12+,23-7+. The molecule has 0 saturated carbocycles. The Morgan fingerprint density at radius 2 is 1.50 bits per heavy atom. The van der Waals surface area contributed by atoms with Gasteiger partial charge in [-0.25, -0.2) is 16.8 Å². The molecule has 0 bridgehead atoms. The van der Waals surface area contributed by atoms with Gasteiger partial charge in [-0.15, -0.1) is 6.58 Å². The predicted molar refractivity (Wildman–Crippen MR) is 132 cm³/mol. The van der Waals surface area contributed by atoms with Gasteiger partial charge < -0.3 is 0 Å². The SMILES string of the molecule is C=CCC(/C=C\C)=C\C/C(=C\C)S(=O)(=O)c1ccc(NS(=O)(=O)c2ccc(C)cc2)cc1. The van der Waals surface area contributed by atoms with Crippen molar-refractivity contribution in [2.24, 2.45) is 0 Å². The van der Waals surface area contributed by atoms with Gasteiger partial charge in [0.05, 0.1) is 9.79 Å². The normalized spacial score (nSPS) is 13.3. The van der Waals surface area contributed by atoms with Gasteiger partial charge in [0, 0.05) is 17.0 Å². The molecule has 0 fully saturated rings. The van der Waals surface area contributed by atoms with Crippen LogP contribution in [-0.2, 0) is 19.9 Å². The fourth-order valence-corrected chi connectivity index (χ4v) is 5.47. The first-order valence-electron chi connectivity index (χ1n) is 10.2. The molecular weight excluding hydrogens is 442 g/mol. The molecule has 0 aliphatic rings. The lowest BCUT2D eigenvalue weighted by molar-refractivity contribution is 0.600. The number of hydrogen-bond acceptors (Lipinski definition) is 4. The van der Waals surface area contributed by atoms with E-state index in [2.05, 4.69) is 11.3 Å². The van der Waals surface area contributed by atoms with Crippen molar-refractivity contribution in [1.29, 1.82) is 0 Å². The topological polar surface area (TPSA) is 80.3 Å². The third kappa shape index (κ3) is 6.55. The Balaban J connectivity index is 2.23. The molecular formula is C25H29NO4S2. The number of rotatable bonds is 10. The summed E-state index contributed by atoms with van der Waals surface area (Å²) in [6.45, 7) is 9.19. The zero-order chi connectivity index (χ0) is 23.8. The van der Waals surface area contributed by atoms with E-state index in [0.29, 0.717) is 6.42 Å². The second-order valence-electron chi connectivity index (χ2n) is 7.18. The molecule has 32 heavy (non-hydrogen) atoms. The van der Waals surface area contributed by atoms with Crippen LogP contribution in [0, 0.1) is 6.92 Å². The number of sulfone groups is 1. The quantitative estimate of drug-likeness (QED) is 0.343. The van der Waals surface area contributed by atoms with Gasteiger partial charge in [-0.1, -0.05) is 48.1 Å². The molecule has 0 aliphatic heterocycles. The molecule has 2 aromatic carbocycles. The van der Waals surface area contributed by atoms with Crippen LogP contribution in [-0.4, -0.2) is 16.8 Å². The Morgan fingerprint density at radius 1 is 0.906 bits per heavy atom. The van der Waals surface area contributed by atoms with Crippen molar-refractivity contribution in [3.8, 4) is 0 Å². The molecule has 5 nitrogen and oxygen atoms in total. The highest BCUT2D eigenvalue weighted by molar-refractivity contribution is 7.95. The molecule has 2 aromatic rings. The van der Waals surface area contributed by atoms with Crippen LogP contribution < -0.4 is 4.72 Å². The number of aryl methyl sites for hydroxylation is 1. The summed E-state index contributed by atoms with van der Waals surface area (Å²) in [6, 6.07) is 12.2. The Hall–Kier alpha value is -2.90. The zero-order valence-electron chi connectivity index (χ0n) is 18.6. The fraction of sp³-hybridized carbons (Fsp3) is 0.200. The average Bonchev–Trinajstić information content (AvgIpc) is 2.74. The van der Waals surface area contributed by atoms with Crippen LogP contribution in [0.4, 0.5) is 5.69 Å². The summed E-state index contributed by atoms with van der Waals surface area (Å²) in [6.07, 6.45) is 9.96. The molecule has 0 heterocycles. The van der Waals surface area contributed by atoms with Crippen molar-refractivity contribution in [2.45, 2.75) is 43.4 Å². The Morgan fingerprint density at radius 3 is 2.03 bits per heavy atom. The second-order valence-corrected chi connectivity index (χ2v) is 10.9. The highest BCUT2D eigenvalue weighted by Crippen LogP contribution is 2.25. The number of nitrogens with one attached hydrogen (secondary N) is 1. The van der Waals surface area contributed by atoms with E-state index in [1.54, 1.807) is 31.2 Å². The highest BCUT2D eigenvalue weighted by Gasteiger charge is 2.20. The summed E-state index contributed by atoms with van der Waals surface area (Å²) in [4.78, 5) is 0.518. The second kappa shape index (κ2) is 11.1. The van der Waals surface area contributed by atoms with Crippen LogP contribution >= 0.6 is 0 Å². The fourth-order valence-electron chi connectivity index (χ4n) is 3.00. The van der Waals surface area contributed by atoms with E-state index in [4.69, 9.17) is 0 Å². The molecule has 7 heteroatoms. The number of hydrogen-bond donors (Lipinski definition) is 1. The molecule has 0 aromatic heterocycles. The van der Waals surface area contributed by atoms with E-state index in [1.165, 1.54) is 36.4 Å². The summed E-state index contributed by atoms with van der Waals surface area (Å²) < 4.78 is 53.7. The molecule has 1 N–H and O–H groups in total. The van der Waals surface area contributed by atoms with Gasteiger partial charge in [-0.3, -0.25) is 4.72 Å². The molecule has 170 valence electrons. The lowest BCUT2D eigenvalue weighted by Crippen LogP contribution is -2.13. The maximum Gasteiger partial charge on any atom is 0.261 e. The molecule has 0 amide bonds. The molecule has 0 radical (unpaired) electrons. The van der Waals surface area contributed by atoms with E-state index >= 15 is 0 Å². The predicted octanol–water partition coefficient (Wildman–Crippen LogP) is 5.94.